The molecule has 0 spiro atoms. The van der Waals surface area contributed by atoms with E-state index in [-0.39, 0.29) is 5.82 Å². The average molecular weight is 298 g/mol. The molecule has 1 aromatic carbocycles. The van der Waals surface area contributed by atoms with Gasteiger partial charge in [-0.15, -0.1) is 0 Å². The van der Waals surface area contributed by atoms with E-state index in [2.05, 4.69) is 20.9 Å². The first-order chi connectivity index (χ1) is 8.02. The van der Waals surface area contributed by atoms with Crippen molar-refractivity contribution in [1.82, 2.24) is 0 Å². The number of hydrogen-bond donors (Lipinski definition) is 0. The second-order valence-corrected chi connectivity index (χ2v) is 5.37. The van der Waals surface area contributed by atoms with Crippen molar-refractivity contribution in [3.63, 3.8) is 0 Å². The molecule has 0 bridgehead atoms. The summed E-state index contributed by atoms with van der Waals surface area (Å²) in [6.07, 6.45) is 4.21. The van der Waals surface area contributed by atoms with Crippen molar-refractivity contribution in [3.8, 4) is 0 Å². The quantitative estimate of drug-likeness (QED) is 0.601. The maximum absolute atomic E-state index is 13.8. The number of aryl methyl sites for hydroxylation is 1. The summed E-state index contributed by atoms with van der Waals surface area (Å²) < 4.78 is 14.2. The van der Waals surface area contributed by atoms with E-state index in [4.69, 9.17) is 0 Å². The zero-order chi connectivity index (χ0) is 12.6. The van der Waals surface area contributed by atoms with E-state index in [1.807, 2.05) is 13.8 Å². The third kappa shape index (κ3) is 1.85. The molecule has 0 N–H and O–H groups in total. The van der Waals surface area contributed by atoms with E-state index in [1.54, 1.807) is 6.08 Å². The van der Waals surface area contributed by atoms with Crippen LogP contribution in [0.3, 0.4) is 0 Å². The fourth-order valence-corrected chi connectivity index (χ4v) is 3.19. The lowest BCUT2D eigenvalue weighted by Crippen LogP contribution is -2.33. The van der Waals surface area contributed by atoms with Crippen molar-refractivity contribution < 1.29 is 9.18 Å². The van der Waals surface area contributed by atoms with Crippen molar-refractivity contribution in [2.24, 2.45) is 4.99 Å². The van der Waals surface area contributed by atoms with Gasteiger partial charge in [0.2, 0.25) is 6.08 Å². The van der Waals surface area contributed by atoms with Gasteiger partial charge in [0.1, 0.15) is 5.82 Å². The van der Waals surface area contributed by atoms with Gasteiger partial charge >= 0.3 is 0 Å². The monoisotopic (exact) mass is 297 g/mol. The molecule has 1 aromatic rings. The van der Waals surface area contributed by atoms with E-state index < -0.39 is 5.54 Å². The highest BCUT2D eigenvalue weighted by Gasteiger charge is 2.42. The molecular weight excluding hydrogens is 285 g/mol. The smallest absolute Gasteiger partial charge is 0.211 e. The highest BCUT2D eigenvalue weighted by Crippen LogP contribution is 2.49. The lowest BCUT2D eigenvalue weighted by Gasteiger charge is -2.39. The Morgan fingerprint density at radius 1 is 1.47 bits per heavy atom. The Morgan fingerprint density at radius 3 is 2.59 bits per heavy atom. The molecule has 0 radical (unpaired) electrons. The van der Waals surface area contributed by atoms with Crippen LogP contribution in [-0.4, -0.2) is 6.08 Å². The van der Waals surface area contributed by atoms with E-state index in [9.17, 15) is 9.18 Å². The van der Waals surface area contributed by atoms with E-state index in [1.165, 1.54) is 6.07 Å². The molecule has 0 heterocycles. The van der Waals surface area contributed by atoms with Gasteiger partial charge in [-0.2, -0.15) is 4.99 Å². The molecule has 90 valence electrons. The SMILES string of the molecule is Cc1cc(F)c(Br)c(C2(N=C=O)CCC2)c1C. The normalized spacial score (nSPS) is 17.2. The van der Waals surface area contributed by atoms with E-state index >= 15 is 0 Å². The second-order valence-electron chi connectivity index (χ2n) is 4.58. The summed E-state index contributed by atoms with van der Waals surface area (Å²) in [6.45, 7) is 3.81. The van der Waals surface area contributed by atoms with Crippen LogP contribution in [0.4, 0.5) is 4.39 Å². The molecule has 1 aliphatic rings. The number of benzene rings is 1. The summed E-state index contributed by atoms with van der Waals surface area (Å²) in [5.74, 6) is -0.296. The first-order valence-electron chi connectivity index (χ1n) is 5.56. The van der Waals surface area contributed by atoms with Crippen molar-refractivity contribution in [2.75, 3.05) is 0 Å². The number of aliphatic imine (C=N–C) groups is 1. The fraction of sp³-hybridized carbons (Fsp3) is 0.462. The maximum Gasteiger partial charge on any atom is 0.235 e. The van der Waals surface area contributed by atoms with Crippen LogP contribution in [0.1, 0.15) is 36.0 Å². The standard InChI is InChI=1S/C13H13BrFNO/c1-8-6-10(15)12(14)11(9(8)2)13(16-7-17)4-3-5-13/h6H,3-5H2,1-2H3. The molecule has 1 saturated carbocycles. The molecule has 1 fully saturated rings. The Hall–Kier alpha value is -0.990. The molecule has 2 nitrogen and oxygen atoms in total. The Kier molecular flexibility index (Phi) is 3.19. The Labute approximate surface area is 108 Å². The Bertz CT molecular complexity index is 490. The van der Waals surface area contributed by atoms with Gasteiger partial charge in [-0.05, 0) is 66.2 Å². The number of isocyanates is 1. The number of carbonyl (C=O) groups excluding carboxylic acids is 1. The largest absolute Gasteiger partial charge is 0.235 e. The maximum atomic E-state index is 13.8. The Morgan fingerprint density at radius 2 is 2.12 bits per heavy atom. The second kappa shape index (κ2) is 4.35. The zero-order valence-electron chi connectivity index (χ0n) is 9.81. The van der Waals surface area contributed by atoms with Crippen molar-refractivity contribution >= 4 is 22.0 Å². The molecule has 0 atom stereocenters. The van der Waals surface area contributed by atoms with Crippen LogP contribution >= 0.6 is 15.9 Å². The lowest BCUT2D eigenvalue weighted by atomic mass is 9.70. The topological polar surface area (TPSA) is 29.4 Å². The predicted molar refractivity (Wildman–Crippen MR) is 67.2 cm³/mol. The molecular formula is C13H13BrFNO. The molecule has 0 aliphatic heterocycles. The minimum atomic E-state index is -0.558. The summed E-state index contributed by atoms with van der Waals surface area (Å²) in [4.78, 5) is 14.5. The third-order valence-electron chi connectivity index (χ3n) is 3.64. The highest BCUT2D eigenvalue weighted by atomic mass is 79.9. The van der Waals surface area contributed by atoms with Gasteiger partial charge in [-0.1, -0.05) is 0 Å². The minimum absolute atomic E-state index is 0.296. The summed E-state index contributed by atoms with van der Waals surface area (Å²) in [5.41, 5.74) is 2.13. The number of nitrogens with zero attached hydrogens (tertiary/aromatic N) is 1. The molecule has 4 heteroatoms. The van der Waals surface area contributed by atoms with Gasteiger partial charge in [-0.3, -0.25) is 0 Å². The molecule has 0 saturated heterocycles. The van der Waals surface area contributed by atoms with E-state index in [0.29, 0.717) is 4.47 Å². The fourth-order valence-electron chi connectivity index (χ4n) is 2.41. The van der Waals surface area contributed by atoms with Gasteiger partial charge in [-0.25, -0.2) is 9.18 Å². The van der Waals surface area contributed by atoms with Crippen LogP contribution in [-0.2, 0) is 10.3 Å². The summed E-state index contributed by atoms with van der Waals surface area (Å²) >= 11 is 3.28. The number of rotatable bonds is 2. The molecule has 0 unspecified atom stereocenters. The molecule has 17 heavy (non-hydrogen) atoms. The van der Waals surface area contributed by atoms with Gasteiger partial charge in [0.15, 0.2) is 0 Å². The summed E-state index contributed by atoms with van der Waals surface area (Å²) in [6, 6.07) is 1.50. The summed E-state index contributed by atoms with van der Waals surface area (Å²) in [5, 5.41) is 0. The Balaban J connectivity index is 2.69. The molecule has 2 rings (SSSR count). The number of hydrogen-bond acceptors (Lipinski definition) is 2. The first-order valence-corrected chi connectivity index (χ1v) is 6.36. The zero-order valence-corrected chi connectivity index (χ0v) is 11.4. The highest BCUT2D eigenvalue weighted by molar-refractivity contribution is 9.10. The molecule has 0 amide bonds. The van der Waals surface area contributed by atoms with Crippen molar-refractivity contribution in [3.05, 3.63) is 33.0 Å². The van der Waals surface area contributed by atoms with Crippen LogP contribution < -0.4 is 0 Å². The van der Waals surface area contributed by atoms with Gasteiger partial charge in [0.05, 0.1) is 10.0 Å². The van der Waals surface area contributed by atoms with Crippen molar-refractivity contribution in [2.45, 2.75) is 38.6 Å². The molecule has 0 aromatic heterocycles. The van der Waals surface area contributed by atoms with Crippen LogP contribution in [0.15, 0.2) is 15.5 Å². The average Bonchev–Trinajstić information content (AvgIpc) is 2.23. The third-order valence-corrected chi connectivity index (χ3v) is 4.42. The van der Waals surface area contributed by atoms with E-state index in [0.717, 1.165) is 36.0 Å². The van der Waals surface area contributed by atoms with Crippen LogP contribution in [0.2, 0.25) is 0 Å². The molecule has 1 aliphatic carbocycles. The van der Waals surface area contributed by atoms with Gasteiger partial charge < -0.3 is 0 Å². The minimum Gasteiger partial charge on any atom is -0.211 e. The van der Waals surface area contributed by atoms with Gasteiger partial charge in [0, 0.05) is 5.56 Å². The van der Waals surface area contributed by atoms with Crippen LogP contribution in [0.5, 0.6) is 0 Å². The predicted octanol–water partition coefficient (Wildman–Crippen LogP) is 3.92. The number of halogens is 2. The van der Waals surface area contributed by atoms with Gasteiger partial charge in [0.25, 0.3) is 0 Å². The summed E-state index contributed by atoms with van der Waals surface area (Å²) in [7, 11) is 0. The lowest BCUT2D eigenvalue weighted by molar-refractivity contribution is 0.252. The van der Waals surface area contributed by atoms with Crippen LogP contribution in [0, 0.1) is 19.7 Å². The van der Waals surface area contributed by atoms with Crippen molar-refractivity contribution in [1.29, 1.82) is 0 Å². The first kappa shape index (κ1) is 12.5. The van der Waals surface area contributed by atoms with Crippen LogP contribution in [0.25, 0.3) is 0 Å².